The predicted molar refractivity (Wildman–Crippen MR) is 110 cm³/mol. The highest BCUT2D eigenvalue weighted by molar-refractivity contribution is 6.50. The molecule has 0 bridgehead atoms. The average molecular weight is 418 g/mol. The number of hydrogen-bond acceptors (Lipinski definition) is 6. The van der Waals surface area contributed by atoms with Gasteiger partial charge >= 0.3 is 5.71 Å². The number of rotatable bonds is 2. The van der Waals surface area contributed by atoms with Crippen molar-refractivity contribution in [3.05, 3.63) is 101 Å². The van der Waals surface area contributed by atoms with E-state index in [0.717, 1.165) is 12.2 Å². The van der Waals surface area contributed by atoms with Gasteiger partial charge in [-0.05, 0) is 18.2 Å². The summed E-state index contributed by atoms with van der Waals surface area (Å²) in [4.78, 5) is 37.9. The maximum absolute atomic E-state index is 12.1. The van der Waals surface area contributed by atoms with Crippen LogP contribution in [-0.2, 0) is 0 Å². The Kier molecular flexibility index (Phi) is 6.17. The molecule has 2 unspecified atom stereocenters. The van der Waals surface area contributed by atoms with Crippen LogP contribution in [0.25, 0.3) is 5.53 Å². The fraction of sp³-hybridized carbons (Fsp3) is 0.130. The van der Waals surface area contributed by atoms with Gasteiger partial charge in [0.05, 0.1) is 0 Å². The summed E-state index contributed by atoms with van der Waals surface area (Å²) >= 11 is 0. The van der Waals surface area contributed by atoms with E-state index in [1.54, 1.807) is 54.6 Å². The minimum Gasteiger partial charge on any atom is -0.508 e. The Morgan fingerprint density at radius 1 is 1.03 bits per heavy atom. The van der Waals surface area contributed by atoms with E-state index in [1.165, 1.54) is 6.08 Å². The summed E-state index contributed by atoms with van der Waals surface area (Å²) in [5, 5.41) is 29.0. The van der Waals surface area contributed by atoms with E-state index in [2.05, 4.69) is 4.79 Å². The second-order valence-electron chi connectivity index (χ2n) is 6.91. The van der Waals surface area contributed by atoms with E-state index < -0.39 is 17.5 Å². The Labute approximate surface area is 177 Å². The molecule has 8 nitrogen and oxygen atoms in total. The molecule has 0 saturated carbocycles. The van der Waals surface area contributed by atoms with Crippen molar-refractivity contribution in [2.45, 2.75) is 18.1 Å². The quantitative estimate of drug-likeness (QED) is 0.386. The highest BCUT2D eigenvalue weighted by Crippen LogP contribution is 2.25. The first-order valence-corrected chi connectivity index (χ1v) is 9.26. The molecule has 0 aliphatic heterocycles. The first-order chi connectivity index (χ1) is 14.8. The molecule has 4 rings (SSSR count). The number of hydrogen-bond donors (Lipinski definition) is 3. The van der Waals surface area contributed by atoms with Gasteiger partial charge in [-0.3, -0.25) is 14.4 Å². The summed E-state index contributed by atoms with van der Waals surface area (Å²) in [5.41, 5.74) is 7.43. The molecule has 2 aromatic rings. The molecule has 0 heterocycles. The number of nitrogens with zero attached hydrogens (tertiary/aromatic N) is 2. The summed E-state index contributed by atoms with van der Waals surface area (Å²) in [6.07, 6.45) is 1.74. The standard InChI is InChI=1S/C13H12O4.C10H6N2O2/c14-10-6-7-13(17,11(15)8-10)12(16)9-4-2-1-3-5-9;11-12-8-5-9(13)6-3-1-2-4-7(6)10(8)14/h1-8,11,14-15,17H;1-4H,5H2. The molecule has 2 aliphatic carbocycles. The van der Waals surface area contributed by atoms with Gasteiger partial charge in [-0.2, -0.15) is 4.79 Å². The summed E-state index contributed by atoms with van der Waals surface area (Å²) in [7, 11) is 0. The maximum Gasteiger partial charge on any atom is 0.347 e. The molecule has 0 spiro atoms. The zero-order valence-electron chi connectivity index (χ0n) is 16.2. The third-order valence-electron chi connectivity index (χ3n) is 4.87. The molecule has 2 aliphatic rings. The van der Waals surface area contributed by atoms with Gasteiger partial charge < -0.3 is 20.9 Å². The predicted octanol–water partition coefficient (Wildman–Crippen LogP) is 2.10. The number of Topliss-reactive ketones (excluding diaryl/α,β-unsaturated/α-hetero) is 3. The minimum absolute atomic E-state index is 0.0892. The lowest BCUT2D eigenvalue weighted by atomic mass is 9.84. The first-order valence-electron chi connectivity index (χ1n) is 9.26. The minimum atomic E-state index is -2.02. The Bertz CT molecular complexity index is 1160. The smallest absolute Gasteiger partial charge is 0.347 e. The van der Waals surface area contributed by atoms with Crippen LogP contribution in [0.5, 0.6) is 0 Å². The highest BCUT2D eigenvalue weighted by atomic mass is 16.4. The zero-order valence-corrected chi connectivity index (χ0v) is 16.2. The van der Waals surface area contributed by atoms with Crippen LogP contribution < -0.4 is 0 Å². The average Bonchev–Trinajstić information content (AvgIpc) is 2.79. The summed E-state index contributed by atoms with van der Waals surface area (Å²) in [6.45, 7) is 0. The van der Waals surface area contributed by atoms with Crippen molar-refractivity contribution in [1.82, 2.24) is 0 Å². The summed E-state index contributed by atoms with van der Waals surface area (Å²) in [6, 6.07) is 14.7. The van der Waals surface area contributed by atoms with E-state index in [9.17, 15) is 24.6 Å². The van der Waals surface area contributed by atoms with Crippen LogP contribution in [0.3, 0.4) is 0 Å². The van der Waals surface area contributed by atoms with Gasteiger partial charge in [0.2, 0.25) is 5.78 Å². The molecule has 31 heavy (non-hydrogen) atoms. The number of ketones is 3. The number of benzene rings is 2. The van der Waals surface area contributed by atoms with E-state index in [1.807, 2.05) is 0 Å². The van der Waals surface area contributed by atoms with Gasteiger partial charge in [0.25, 0.3) is 5.78 Å². The molecular formula is C23H18N2O6. The van der Waals surface area contributed by atoms with Gasteiger partial charge in [-0.25, -0.2) is 0 Å². The lowest BCUT2D eigenvalue weighted by molar-refractivity contribution is -0.00891. The van der Waals surface area contributed by atoms with E-state index in [4.69, 9.17) is 10.6 Å². The number of aliphatic hydroxyl groups excluding tert-OH is 2. The van der Waals surface area contributed by atoms with Crippen molar-refractivity contribution in [2.24, 2.45) is 0 Å². The molecule has 2 atom stereocenters. The molecule has 156 valence electrons. The monoisotopic (exact) mass is 418 g/mol. The number of allylic oxidation sites excluding steroid dienone is 1. The van der Waals surface area contributed by atoms with Crippen molar-refractivity contribution in [3.8, 4) is 0 Å². The van der Waals surface area contributed by atoms with Crippen LogP contribution in [0, 0.1) is 0 Å². The Hall–Kier alpha value is -3.97. The van der Waals surface area contributed by atoms with Crippen molar-refractivity contribution < 1.29 is 34.5 Å². The Morgan fingerprint density at radius 2 is 1.65 bits per heavy atom. The van der Waals surface area contributed by atoms with Gasteiger partial charge in [-0.1, -0.05) is 54.6 Å². The number of fused-ring (bicyclic) bond motifs is 1. The molecule has 0 fully saturated rings. The van der Waals surface area contributed by atoms with Crippen LogP contribution in [0.2, 0.25) is 0 Å². The second kappa shape index (κ2) is 8.81. The second-order valence-corrected chi connectivity index (χ2v) is 6.91. The summed E-state index contributed by atoms with van der Waals surface area (Å²) < 4.78 is 0. The molecule has 0 radical (unpaired) electrons. The van der Waals surface area contributed by atoms with Crippen molar-refractivity contribution in [2.75, 3.05) is 0 Å². The van der Waals surface area contributed by atoms with Gasteiger partial charge in [0.15, 0.2) is 11.4 Å². The number of carbonyl (C=O) groups is 3. The zero-order chi connectivity index (χ0) is 22.6. The molecule has 8 heteroatoms. The van der Waals surface area contributed by atoms with Crippen molar-refractivity contribution in [3.63, 3.8) is 0 Å². The van der Waals surface area contributed by atoms with E-state index in [-0.39, 0.29) is 29.5 Å². The van der Waals surface area contributed by atoms with Gasteiger partial charge in [0, 0.05) is 16.7 Å². The molecule has 0 saturated heterocycles. The molecule has 2 aromatic carbocycles. The number of carbonyl (C=O) groups excluding carboxylic acids is 3. The van der Waals surface area contributed by atoms with Crippen LogP contribution in [0.15, 0.2) is 78.6 Å². The van der Waals surface area contributed by atoms with Crippen LogP contribution in [-0.4, -0.2) is 54.9 Å². The molecule has 0 aromatic heterocycles. The maximum atomic E-state index is 12.1. The Morgan fingerprint density at radius 3 is 2.26 bits per heavy atom. The van der Waals surface area contributed by atoms with Crippen LogP contribution in [0.4, 0.5) is 0 Å². The normalized spacial score (nSPS) is 21.9. The molecule has 0 amide bonds. The first kappa shape index (κ1) is 21.7. The van der Waals surface area contributed by atoms with Crippen molar-refractivity contribution >= 4 is 23.1 Å². The van der Waals surface area contributed by atoms with Crippen molar-refractivity contribution in [1.29, 1.82) is 0 Å². The van der Waals surface area contributed by atoms with E-state index in [0.29, 0.717) is 16.7 Å². The fourth-order valence-corrected chi connectivity index (χ4v) is 3.17. The number of aliphatic hydroxyl groups is 3. The highest BCUT2D eigenvalue weighted by Gasteiger charge is 2.42. The molecule has 3 N–H and O–H groups in total. The third kappa shape index (κ3) is 4.31. The third-order valence-corrected chi connectivity index (χ3v) is 4.87. The lowest BCUT2D eigenvalue weighted by Gasteiger charge is -2.29. The molecular weight excluding hydrogens is 400 g/mol. The van der Waals surface area contributed by atoms with Gasteiger partial charge in [0.1, 0.15) is 18.3 Å². The topological polar surface area (TPSA) is 148 Å². The summed E-state index contributed by atoms with van der Waals surface area (Å²) in [5.74, 6) is -1.34. The van der Waals surface area contributed by atoms with Gasteiger partial charge in [-0.15, -0.1) is 0 Å². The fourth-order valence-electron chi connectivity index (χ4n) is 3.17. The Balaban J connectivity index is 0.000000179. The van der Waals surface area contributed by atoms with Crippen LogP contribution in [0.1, 0.15) is 37.5 Å². The lowest BCUT2D eigenvalue weighted by Crippen LogP contribution is -2.48. The van der Waals surface area contributed by atoms with Crippen LogP contribution >= 0.6 is 0 Å². The SMILES string of the molecule is O=C(c1ccccc1)C1(O)C=CC(O)=CC1O.[N-]=[N+]=C1CC(=O)c2ccccc2C1=O. The van der Waals surface area contributed by atoms with E-state index >= 15 is 0 Å². The largest absolute Gasteiger partial charge is 0.508 e.